The minimum atomic E-state index is 0.00463. The van der Waals surface area contributed by atoms with Crippen LogP contribution >= 0.6 is 0 Å². The maximum absolute atomic E-state index is 8.50. The molecule has 1 unspecified atom stereocenters. The summed E-state index contributed by atoms with van der Waals surface area (Å²) in [6, 6.07) is 0.146. The molecule has 8 heavy (non-hydrogen) atoms. The lowest BCUT2D eigenvalue weighted by Crippen LogP contribution is -2.19. The summed E-state index contributed by atoms with van der Waals surface area (Å²) in [6.45, 7) is 0.707. The van der Waals surface area contributed by atoms with Crippen LogP contribution in [0.3, 0.4) is 0 Å². The van der Waals surface area contributed by atoms with Crippen molar-refractivity contribution in [1.82, 2.24) is 0 Å². The van der Waals surface area contributed by atoms with Crippen molar-refractivity contribution in [3.8, 4) is 0 Å². The van der Waals surface area contributed by atoms with E-state index in [1.807, 2.05) is 0 Å². The third kappa shape index (κ3) is 1.18. The van der Waals surface area contributed by atoms with Crippen LogP contribution in [0.15, 0.2) is 0 Å². The van der Waals surface area contributed by atoms with Crippen molar-refractivity contribution < 1.29 is 9.84 Å². The topological polar surface area (TPSA) is 55.5 Å². The highest BCUT2D eigenvalue weighted by molar-refractivity contribution is 4.74. The van der Waals surface area contributed by atoms with Crippen LogP contribution in [-0.2, 0) is 4.74 Å². The fraction of sp³-hybridized carbons (Fsp3) is 1.00. The molecule has 0 aromatic heterocycles. The molecule has 3 N–H and O–H groups in total. The fourth-order valence-electron chi connectivity index (χ4n) is 0.861. The molecule has 1 rings (SSSR count). The normalized spacial score (nSPS) is 38.2. The summed E-state index contributed by atoms with van der Waals surface area (Å²) in [6.07, 6.45) is 0.807. The number of nitrogens with two attached hydrogens (primary N) is 1. The second-order valence-corrected chi connectivity index (χ2v) is 2.13. The first kappa shape index (κ1) is 6.01. The fourth-order valence-corrected chi connectivity index (χ4v) is 0.861. The molecule has 48 valence electrons. The minimum absolute atomic E-state index is 0.00463. The molecule has 0 amide bonds. The standard InChI is InChI=1S/C5H11NO2/c6-4-1-5(2-7)8-3-4/h4-5,7H,1-3,6H2/t4?,5-/m0/s1. The predicted octanol–water partition coefficient (Wildman–Crippen LogP) is -0.905. The summed E-state index contributed by atoms with van der Waals surface area (Å²) in [5, 5.41) is 8.50. The van der Waals surface area contributed by atoms with Crippen LogP contribution in [0.25, 0.3) is 0 Å². The van der Waals surface area contributed by atoms with Crippen LogP contribution in [0.5, 0.6) is 0 Å². The zero-order valence-corrected chi connectivity index (χ0v) is 4.71. The summed E-state index contributed by atoms with van der Waals surface area (Å²) < 4.78 is 5.04. The largest absolute Gasteiger partial charge is 0.394 e. The maximum atomic E-state index is 8.50. The third-order valence-electron chi connectivity index (χ3n) is 1.32. The zero-order valence-electron chi connectivity index (χ0n) is 4.71. The van der Waals surface area contributed by atoms with Gasteiger partial charge < -0.3 is 15.6 Å². The molecule has 1 saturated heterocycles. The maximum Gasteiger partial charge on any atom is 0.0822 e. The van der Waals surface area contributed by atoms with Gasteiger partial charge in [0.05, 0.1) is 19.3 Å². The first-order valence-corrected chi connectivity index (χ1v) is 2.81. The van der Waals surface area contributed by atoms with E-state index in [9.17, 15) is 0 Å². The van der Waals surface area contributed by atoms with E-state index in [0.717, 1.165) is 6.42 Å². The van der Waals surface area contributed by atoms with Crippen molar-refractivity contribution in [3.63, 3.8) is 0 Å². The molecule has 0 aromatic carbocycles. The predicted molar refractivity (Wildman–Crippen MR) is 29.4 cm³/mol. The van der Waals surface area contributed by atoms with E-state index in [1.165, 1.54) is 0 Å². The Bertz CT molecular complexity index is 76.8. The molecule has 1 fully saturated rings. The van der Waals surface area contributed by atoms with Gasteiger partial charge in [0, 0.05) is 6.04 Å². The molecular formula is C5H11NO2. The van der Waals surface area contributed by atoms with Crippen LogP contribution in [0.1, 0.15) is 6.42 Å². The van der Waals surface area contributed by atoms with Gasteiger partial charge in [0.1, 0.15) is 0 Å². The van der Waals surface area contributed by atoms with E-state index >= 15 is 0 Å². The molecule has 0 radical (unpaired) electrons. The highest BCUT2D eigenvalue weighted by Crippen LogP contribution is 2.09. The summed E-state index contributed by atoms with van der Waals surface area (Å²) in [4.78, 5) is 0. The average molecular weight is 117 g/mol. The Morgan fingerprint density at radius 1 is 1.75 bits per heavy atom. The molecule has 0 aliphatic carbocycles. The Morgan fingerprint density at radius 2 is 2.50 bits per heavy atom. The van der Waals surface area contributed by atoms with E-state index in [2.05, 4.69) is 0 Å². The molecule has 1 aliphatic rings. The van der Waals surface area contributed by atoms with E-state index in [1.54, 1.807) is 0 Å². The van der Waals surface area contributed by atoms with Gasteiger partial charge in [-0.25, -0.2) is 0 Å². The van der Waals surface area contributed by atoms with Crippen LogP contribution < -0.4 is 5.73 Å². The molecule has 0 bridgehead atoms. The highest BCUT2D eigenvalue weighted by atomic mass is 16.5. The third-order valence-corrected chi connectivity index (χ3v) is 1.32. The van der Waals surface area contributed by atoms with Crippen LogP contribution in [-0.4, -0.2) is 30.5 Å². The number of rotatable bonds is 1. The van der Waals surface area contributed by atoms with E-state index in [-0.39, 0.29) is 18.8 Å². The molecule has 1 aliphatic heterocycles. The number of hydrogen-bond donors (Lipinski definition) is 2. The van der Waals surface area contributed by atoms with Crippen molar-refractivity contribution >= 4 is 0 Å². The first-order chi connectivity index (χ1) is 3.83. The highest BCUT2D eigenvalue weighted by Gasteiger charge is 2.20. The number of aliphatic hydroxyl groups excluding tert-OH is 1. The number of ether oxygens (including phenoxy) is 1. The van der Waals surface area contributed by atoms with Crippen LogP contribution in [0.2, 0.25) is 0 Å². The van der Waals surface area contributed by atoms with Gasteiger partial charge in [0.15, 0.2) is 0 Å². The minimum Gasteiger partial charge on any atom is -0.394 e. The van der Waals surface area contributed by atoms with Gasteiger partial charge in [0.2, 0.25) is 0 Å². The van der Waals surface area contributed by atoms with Crippen molar-refractivity contribution in [2.45, 2.75) is 18.6 Å². The second-order valence-electron chi connectivity index (χ2n) is 2.13. The lowest BCUT2D eigenvalue weighted by Gasteiger charge is -2.00. The summed E-state index contributed by atoms with van der Waals surface area (Å²) >= 11 is 0. The van der Waals surface area contributed by atoms with Crippen molar-refractivity contribution in [1.29, 1.82) is 0 Å². The zero-order chi connectivity index (χ0) is 5.98. The first-order valence-electron chi connectivity index (χ1n) is 2.81. The lowest BCUT2D eigenvalue weighted by molar-refractivity contribution is 0.0585. The Balaban J connectivity index is 2.22. The van der Waals surface area contributed by atoms with E-state index in [0.29, 0.717) is 6.61 Å². The summed E-state index contributed by atoms with van der Waals surface area (Å²) in [7, 11) is 0. The second kappa shape index (κ2) is 2.44. The van der Waals surface area contributed by atoms with Gasteiger partial charge in [0.25, 0.3) is 0 Å². The summed E-state index contributed by atoms with van der Waals surface area (Å²) in [5.41, 5.74) is 5.46. The average Bonchev–Trinajstić information content (AvgIpc) is 2.14. The monoisotopic (exact) mass is 117 g/mol. The summed E-state index contributed by atoms with van der Waals surface area (Å²) in [5.74, 6) is 0. The van der Waals surface area contributed by atoms with Gasteiger partial charge in [-0.15, -0.1) is 0 Å². The Labute approximate surface area is 48.4 Å². The van der Waals surface area contributed by atoms with Gasteiger partial charge in [-0.2, -0.15) is 0 Å². The molecule has 0 spiro atoms. The SMILES string of the molecule is NC1CO[C@H](CO)C1. The van der Waals surface area contributed by atoms with Crippen molar-refractivity contribution in [2.75, 3.05) is 13.2 Å². The molecule has 1 heterocycles. The Hall–Kier alpha value is -0.120. The Morgan fingerprint density at radius 3 is 2.75 bits per heavy atom. The molecule has 0 aromatic rings. The lowest BCUT2D eigenvalue weighted by atomic mass is 10.2. The quantitative estimate of drug-likeness (QED) is 0.467. The van der Waals surface area contributed by atoms with Crippen molar-refractivity contribution in [2.24, 2.45) is 5.73 Å². The molecule has 3 heteroatoms. The number of hydrogen-bond acceptors (Lipinski definition) is 3. The van der Waals surface area contributed by atoms with Gasteiger partial charge in [-0.1, -0.05) is 0 Å². The van der Waals surface area contributed by atoms with Crippen molar-refractivity contribution in [3.05, 3.63) is 0 Å². The van der Waals surface area contributed by atoms with Gasteiger partial charge in [-0.05, 0) is 6.42 Å². The van der Waals surface area contributed by atoms with E-state index in [4.69, 9.17) is 15.6 Å². The Kier molecular flexibility index (Phi) is 1.83. The van der Waals surface area contributed by atoms with Gasteiger partial charge in [-0.3, -0.25) is 0 Å². The van der Waals surface area contributed by atoms with Gasteiger partial charge >= 0.3 is 0 Å². The molecule has 3 nitrogen and oxygen atoms in total. The smallest absolute Gasteiger partial charge is 0.0822 e. The van der Waals surface area contributed by atoms with Crippen LogP contribution in [0, 0.1) is 0 Å². The van der Waals surface area contributed by atoms with E-state index < -0.39 is 0 Å². The molecule has 2 atom stereocenters. The van der Waals surface area contributed by atoms with Crippen LogP contribution in [0.4, 0.5) is 0 Å². The number of aliphatic hydroxyl groups is 1. The molecule has 0 saturated carbocycles. The molecular weight excluding hydrogens is 106 g/mol.